The molecule has 0 spiro atoms. The number of halogens is 1. The van der Waals surface area contributed by atoms with Gasteiger partial charge in [0.1, 0.15) is 5.82 Å². The monoisotopic (exact) mass is 483 g/mol. The van der Waals surface area contributed by atoms with Crippen LogP contribution in [-0.2, 0) is 28.7 Å². The second-order valence-electron chi connectivity index (χ2n) is 8.68. The lowest BCUT2D eigenvalue weighted by molar-refractivity contribution is 0.0754. The topological polar surface area (TPSA) is 72.3 Å². The summed E-state index contributed by atoms with van der Waals surface area (Å²) in [5, 5.41) is -0.0312. The normalized spacial score (nSPS) is 11.6. The molecule has 0 bridgehead atoms. The van der Waals surface area contributed by atoms with Crippen molar-refractivity contribution in [1.82, 2.24) is 14.5 Å². The molecule has 2 aromatic carbocycles. The zero-order valence-electron chi connectivity index (χ0n) is 19.7. The van der Waals surface area contributed by atoms with E-state index in [9.17, 15) is 17.6 Å². The van der Waals surface area contributed by atoms with Gasteiger partial charge in [-0.05, 0) is 36.1 Å². The molecule has 6 nitrogen and oxygen atoms in total. The van der Waals surface area contributed by atoms with Gasteiger partial charge in [-0.25, -0.2) is 17.8 Å². The summed E-state index contributed by atoms with van der Waals surface area (Å²) in [6, 6.07) is 13.1. The molecule has 0 aliphatic heterocycles. The Morgan fingerprint density at radius 1 is 1.18 bits per heavy atom. The van der Waals surface area contributed by atoms with Gasteiger partial charge in [-0.1, -0.05) is 56.3 Å². The van der Waals surface area contributed by atoms with Crippen molar-refractivity contribution in [3.05, 3.63) is 95.6 Å². The zero-order valence-corrected chi connectivity index (χ0v) is 20.6. The minimum absolute atomic E-state index is 0.0312. The summed E-state index contributed by atoms with van der Waals surface area (Å²) in [6.45, 7) is 10.2. The van der Waals surface area contributed by atoms with Crippen molar-refractivity contribution in [3.8, 4) is 0 Å². The quantitative estimate of drug-likeness (QED) is 0.389. The van der Waals surface area contributed by atoms with Gasteiger partial charge in [0.15, 0.2) is 0 Å². The van der Waals surface area contributed by atoms with Crippen LogP contribution in [0.1, 0.15) is 41.0 Å². The first kappa shape index (κ1) is 25.4. The fourth-order valence-electron chi connectivity index (χ4n) is 3.74. The van der Waals surface area contributed by atoms with E-state index in [1.54, 1.807) is 22.8 Å². The standard InChI is InChI=1S/C26H30FN3O3S/c1-5-14-29(25(31)23-12-8-9-13-24(23)27)17-22-15-28-26(30(22)16-19(2)3)34(32,33)18-21-11-7-6-10-20(21)4/h5-13,15,19H,1,14,16-18H2,2-4H3. The SMILES string of the molecule is C=CCN(Cc1cnc(S(=O)(=O)Cc2ccccc2C)n1CC(C)C)C(=O)c1ccccc1F. The van der Waals surface area contributed by atoms with Crippen LogP contribution in [0.5, 0.6) is 0 Å². The maximum atomic E-state index is 14.3. The molecule has 0 saturated carbocycles. The molecule has 0 N–H and O–H groups in total. The van der Waals surface area contributed by atoms with Crippen LogP contribution in [-0.4, -0.2) is 35.3 Å². The average Bonchev–Trinajstić information content (AvgIpc) is 3.17. The number of nitrogens with zero attached hydrogens (tertiary/aromatic N) is 3. The number of benzene rings is 2. The Hall–Kier alpha value is -3.26. The smallest absolute Gasteiger partial charge is 0.257 e. The number of aromatic nitrogens is 2. The lowest BCUT2D eigenvalue weighted by Gasteiger charge is -2.23. The van der Waals surface area contributed by atoms with E-state index in [0.29, 0.717) is 17.8 Å². The first-order valence-corrected chi connectivity index (χ1v) is 12.8. The van der Waals surface area contributed by atoms with Gasteiger partial charge >= 0.3 is 0 Å². The molecule has 1 aromatic heterocycles. The first-order valence-electron chi connectivity index (χ1n) is 11.1. The molecule has 0 fully saturated rings. The molecule has 0 atom stereocenters. The third kappa shape index (κ3) is 5.80. The predicted octanol–water partition coefficient (Wildman–Crippen LogP) is 4.79. The maximum Gasteiger partial charge on any atom is 0.257 e. The van der Waals surface area contributed by atoms with Crippen LogP contribution in [0.15, 0.2) is 72.5 Å². The number of hydrogen-bond acceptors (Lipinski definition) is 4. The predicted molar refractivity (Wildman–Crippen MR) is 130 cm³/mol. The number of carbonyl (C=O) groups excluding carboxylic acids is 1. The molecule has 1 heterocycles. The second-order valence-corrected chi connectivity index (χ2v) is 10.6. The Balaban J connectivity index is 1.98. The van der Waals surface area contributed by atoms with Crippen LogP contribution in [0.4, 0.5) is 4.39 Å². The highest BCUT2D eigenvalue weighted by molar-refractivity contribution is 7.90. The highest BCUT2D eigenvalue weighted by atomic mass is 32.2. The number of rotatable bonds is 10. The summed E-state index contributed by atoms with van der Waals surface area (Å²) in [4.78, 5) is 18.8. The fraction of sp³-hybridized carbons (Fsp3) is 0.308. The highest BCUT2D eigenvalue weighted by Crippen LogP contribution is 2.22. The maximum absolute atomic E-state index is 14.3. The summed E-state index contributed by atoms with van der Waals surface area (Å²) >= 11 is 0. The lowest BCUT2D eigenvalue weighted by atomic mass is 10.1. The van der Waals surface area contributed by atoms with Crippen molar-refractivity contribution >= 4 is 15.7 Å². The van der Waals surface area contributed by atoms with Crippen LogP contribution in [0, 0.1) is 18.7 Å². The van der Waals surface area contributed by atoms with Crippen LogP contribution < -0.4 is 0 Å². The van der Waals surface area contributed by atoms with Gasteiger partial charge in [-0.3, -0.25) is 4.79 Å². The van der Waals surface area contributed by atoms with Crippen molar-refractivity contribution in [2.45, 2.75) is 44.8 Å². The third-order valence-electron chi connectivity index (χ3n) is 5.43. The Morgan fingerprint density at radius 3 is 2.50 bits per heavy atom. The molecule has 0 saturated heterocycles. The van der Waals surface area contributed by atoms with E-state index in [1.807, 2.05) is 39.0 Å². The van der Waals surface area contributed by atoms with Gasteiger partial charge in [-0.2, -0.15) is 0 Å². The van der Waals surface area contributed by atoms with Crippen molar-refractivity contribution in [3.63, 3.8) is 0 Å². The Morgan fingerprint density at radius 2 is 1.85 bits per heavy atom. The van der Waals surface area contributed by atoms with E-state index in [2.05, 4.69) is 11.6 Å². The number of imidazole rings is 1. The van der Waals surface area contributed by atoms with Crippen LogP contribution in [0.25, 0.3) is 0 Å². The number of aryl methyl sites for hydroxylation is 1. The fourth-order valence-corrected chi connectivity index (χ4v) is 5.35. The van der Waals surface area contributed by atoms with Crippen LogP contribution in [0.3, 0.4) is 0 Å². The molecule has 3 aromatic rings. The Bertz CT molecular complexity index is 1280. The molecular formula is C26H30FN3O3S. The van der Waals surface area contributed by atoms with Gasteiger partial charge in [0.25, 0.3) is 5.91 Å². The summed E-state index contributed by atoms with van der Waals surface area (Å²) in [5.74, 6) is -1.15. The molecule has 0 aliphatic carbocycles. The number of amides is 1. The van der Waals surface area contributed by atoms with Crippen LogP contribution in [0.2, 0.25) is 0 Å². The second kappa shape index (κ2) is 10.8. The number of carbonyl (C=O) groups is 1. The molecule has 0 aliphatic rings. The van der Waals surface area contributed by atoms with E-state index >= 15 is 0 Å². The van der Waals surface area contributed by atoms with E-state index in [4.69, 9.17) is 0 Å². The third-order valence-corrected chi connectivity index (χ3v) is 7.00. The largest absolute Gasteiger partial charge is 0.329 e. The first-order chi connectivity index (χ1) is 16.1. The van der Waals surface area contributed by atoms with Gasteiger partial charge in [0, 0.05) is 13.1 Å². The van der Waals surface area contributed by atoms with Crippen molar-refractivity contribution in [2.24, 2.45) is 5.92 Å². The van der Waals surface area contributed by atoms with E-state index in [0.717, 1.165) is 5.56 Å². The molecule has 8 heteroatoms. The summed E-state index contributed by atoms with van der Waals surface area (Å²) < 4.78 is 42.6. The van der Waals surface area contributed by atoms with E-state index < -0.39 is 21.6 Å². The number of hydrogen-bond donors (Lipinski definition) is 0. The molecule has 0 unspecified atom stereocenters. The lowest BCUT2D eigenvalue weighted by Crippen LogP contribution is -2.32. The number of sulfone groups is 1. The van der Waals surface area contributed by atoms with Gasteiger partial charge in [0.05, 0.1) is 29.8 Å². The van der Waals surface area contributed by atoms with Gasteiger partial charge < -0.3 is 9.47 Å². The average molecular weight is 484 g/mol. The Labute approximate surface area is 200 Å². The highest BCUT2D eigenvalue weighted by Gasteiger charge is 2.27. The summed E-state index contributed by atoms with van der Waals surface area (Å²) in [6.07, 6.45) is 3.04. The molecule has 180 valence electrons. The molecule has 34 heavy (non-hydrogen) atoms. The minimum atomic E-state index is -3.75. The van der Waals surface area contributed by atoms with Crippen molar-refractivity contribution in [2.75, 3.05) is 6.54 Å². The summed E-state index contributed by atoms with van der Waals surface area (Å²) in [5.41, 5.74) is 2.11. The van der Waals surface area contributed by atoms with Gasteiger partial charge in [0.2, 0.25) is 15.0 Å². The van der Waals surface area contributed by atoms with Gasteiger partial charge in [-0.15, -0.1) is 6.58 Å². The minimum Gasteiger partial charge on any atom is -0.329 e. The zero-order chi connectivity index (χ0) is 24.9. The van der Waals surface area contributed by atoms with E-state index in [-0.39, 0.29) is 35.5 Å². The summed E-state index contributed by atoms with van der Waals surface area (Å²) in [7, 11) is -3.75. The Kier molecular flexibility index (Phi) is 8.04. The van der Waals surface area contributed by atoms with Crippen molar-refractivity contribution < 1.29 is 17.6 Å². The van der Waals surface area contributed by atoms with Crippen molar-refractivity contribution in [1.29, 1.82) is 0 Å². The molecule has 1 amide bonds. The molecular weight excluding hydrogens is 453 g/mol. The molecule has 0 radical (unpaired) electrons. The van der Waals surface area contributed by atoms with E-state index in [1.165, 1.54) is 29.3 Å². The van der Waals surface area contributed by atoms with Crippen LogP contribution >= 0.6 is 0 Å². The molecule has 3 rings (SSSR count).